The standard InChI is InChI=1S/C42H76NO11P/c1-6-8-10-11-12-13-14-15-16-17-23-27-42(48)54-36(34-53-55(49,50)52-31-30-43(3,4)5)33-51-41(47)26-22-19-18-21-25-37-38(40(46)32-39(37)45)29-28-35(44)24-20-9-7-2/h18,21,28-29,35-39,44-45H,6-17,19-20,22-27,30-34H2,1-5H3/p+1/b21-18-,29-28+/t35-,36+,37+,38+,39-/m0/s1. The molecule has 0 aromatic rings. The number of carbonyl (C=O) groups excluding carboxylic acids is 3. The van der Waals surface area contributed by atoms with E-state index in [4.69, 9.17) is 18.5 Å². The molecule has 0 aromatic heterocycles. The van der Waals surface area contributed by atoms with Crippen LogP contribution in [0, 0.1) is 11.8 Å². The van der Waals surface area contributed by atoms with Crippen molar-refractivity contribution in [2.45, 2.75) is 167 Å². The highest BCUT2D eigenvalue weighted by atomic mass is 31.2. The number of Topliss-reactive ketones (excluding diaryl/α,β-unsaturated/α-hetero) is 1. The van der Waals surface area contributed by atoms with Crippen LogP contribution in [0.3, 0.4) is 0 Å². The number of allylic oxidation sites excluding steroid dienone is 3. The van der Waals surface area contributed by atoms with Gasteiger partial charge in [0, 0.05) is 31.1 Å². The van der Waals surface area contributed by atoms with Crippen LogP contribution in [0.5, 0.6) is 0 Å². The average Bonchev–Trinajstić information content (AvgIpc) is 3.39. The van der Waals surface area contributed by atoms with Crippen molar-refractivity contribution >= 4 is 25.5 Å². The monoisotopic (exact) mass is 803 g/mol. The van der Waals surface area contributed by atoms with Gasteiger partial charge in [-0.05, 0) is 32.1 Å². The molecule has 0 heterocycles. The van der Waals surface area contributed by atoms with Crippen molar-refractivity contribution in [2.24, 2.45) is 11.8 Å². The van der Waals surface area contributed by atoms with Gasteiger partial charge in [0.1, 0.15) is 25.5 Å². The van der Waals surface area contributed by atoms with Crippen molar-refractivity contribution < 1.29 is 57.1 Å². The minimum Gasteiger partial charge on any atom is -0.462 e. The number of likely N-dealkylation sites (N-methyl/N-ethyl adjacent to an activating group) is 1. The molecule has 0 radical (unpaired) electrons. The maximum atomic E-state index is 12.7. The van der Waals surface area contributed by atoms with Gasteiger partial charge in [-0.1, -0.05) is 122 Å². The Labute approximate surface area is 332 Å². The maximum Gasteiger partial charge on any atom is 0.472 e. The normalized spacial score (nSPS) is 19.9. The zero-order chi connectivity index (χ0) is 41.0. The molecule has 0 spiro atoms. The second-order valence-corrected chi connectivity index (χ2v) is 17.6. The van der Waals surface area contributed by atoms with Crippen LogP contribution in [0.4, 0.5) is 0 Å². The molecular formula is C42H77NO11P+. The van der Waals surface area contributed by atoms with Crippen molar-refractivity contribution in [1.29, 1.82) is 0 Å². The highest BCUT2D eigenvalue weighted by molar-refractivity contribution is 7.47. The van der Waals surface area contributed by atoms with E-state index in [9.17, 15) is 34.1 Å². The quantitative estimate of drug-likeness (QED) is 0.0189. The van der Waals surface area contributed by atoms with Gasteiger partial charge in [-0.15, -0.1) is 0 Å². The van der Waals surface area contributed by atoms with E-state index < -0.39 is 50.6 Å². The predicted octanol–water partition coefficient (Wildman–Crippen LogP) is 8.16. The van der Waals surface area contributed by atoms with E-state index in [0.29, 0.717) is 43.1 Å². The molecule has 0 aromatic carbocycles. The lowest BCUT2D eigenvalue weighted by Crippen LogP contribution is -2.37. The molecule has 13 heteroatoms. The fourth-order valence-corrected chi connectivity index (χ4v) is 7.15. The summed E-state index contributed by atoms with van der Waals surface area (Å²) in [7, 11) is 1.33. The second kappa shape index (κ2) is 30.2. The summed E-state index contributed by atoms with van der Waals surface area (Å²) in [5.74, 6) is -1.72. The molecule has 3 N–H and O–H groups in total. The van der Waals surface area contributed by atoms with Gasteiger partial charge in [-0.25, -0.2) is 4.57 Å². The van der Waals surface area contributed by atoms with Crippen LogP contribution in [0.15, 0.2) is 24.3 Å². The number of unbranched alkanes of at least 4 members (excludes halogenated alkanes) is 13. The molecule has 0 amide bonds. The van der Waals surface area contributed by atoms with Crippen molar-refractivity contribution in [2.75, 3.05) is 47.5 Å². The second-order valence-electron chi connectivity index (χ2n) is 16.2. The molecule has 1 fully saturated rings. The summed E-state index contributed by atoms with van der Waals surface area (Å²) in [5.41, 5.74) is 0. The Morgan fingerprint density at radius 2 is 1.44 bits per heavy atom. The van der Waals surface area contributed by atoms with Crippen LogP contribution >= 0.6 is 7.82 Å². The van der Waals surface area contributed by atoms with Crippen LogP contribution in [0.25, 0.3) is 0 Å². The van der Waals surface area contributed by atoms with E-state index in [1.807, 2.05) is 33.3 Å². The minimum absolute atomic E-state index is 0.00958. The van der Waals surface area contributed by atoms with E-state index in [0.717, 1.165) is 38.5 Å². The lowest BCUT2D eigenvalue weighted by atomic mass is 9.90. The molecule has 1 unspecified atom stereocenters. The minimum atomic E-state index is -4.43. The molecular weight excluding hydrogens is 725 g/mol. The van der Waals surface area contributed by atoms with E-state index in [-0.39, 0.29) is 44.2 Å². The number of esters is 2. The summed E-state index contributed by atoms with van der Waals surface area (Å²) in [6, 6.07) is 0. The highest BCUT2D eigenvalue weighted by Crippen LogP contribution is 2.43. The molecule has 1 aliphatic rings. The summed E-state index contributed by atoms with van der Waals surface area (Å²) < 4.78 is 34.1. The largest absolute Gasteiger partial charge is 0.472 e. The number of aliphatic hydroxyl groups is 2. The van der Waals surface area contributed by atoms with E-state index >= 15 is 0 Å². The fraction of sp³-hybridized carbons (Fsp3) is 0.833. The summed E-state index contributed by atoms with van der Waals surface area (Å²) in [4.78, 5) is 47.9. The number of rotatable bonds is 34. The van der Waals surface area contributed by atoms with Crippen LogP contribution in [0.1, 0.15) is 149 Å². The Bertz CT molecular complexity index is 1150. The predicted molar refractivity (Wildman–Crippen MR) is 216 cm³/mol. The first kappa shape index (κ1) is 51.1. The van der Waals surface area contributed by atoms with Crippen LogP contribution in [-0.4, -0.2) is 103 Å². The van der Waals surface area contributed by atoms with Crippen molar-refractivity contribution in [3.63, 3.8) is 0 Å². The number of ketones is 1. The number of nitrogens with zero attached hydrogens (tertiary/aromatic N) is 1. The Balaban J connectivity index is 2.53. The molecule has 55 heavy (non-hydrogen) atoms. The highest BCUT2D eigenvalue weighted by Gasteiger charge is 2.39. The van der Waals surface area contributed by atoms with Crippen molar-refractivity contribution in [1.82, 2.24) is 0 Å². The SMILES string of the molecule is CCCCCCCCCCCCCC(=O)O[C@H](COC(=O)CCC/C=C\C[C@H]1[C@@H](O)CC(=O)[C@@H]1/C=C/[C@@H](O)CCCCC)COP(=O)(O)OCC[N+](C)(C)C. The van der Waals surface area contributed by atoms with E-state index in [2.05, 4.69) is 13.8 Å². The van der Waals surface area contributed by atoms with Gasteiger partial charge in [0.25, 0.3) is 0 Å². The Morgan fingerprint density at radius 1 is 0.836 bits per heavy atom. The summed E-state index contributed by atoms with van der Waals surface area (Å²) in [5, 5.41) is 20.7. The number of ether oxygens (including phenoxy) is 2. The number of hydrogen-bond donors (Lipinski definition) is 3. The van der Waals surface area contributed by atoms with Crippen LogP contribution in [0.2, 0.25) is 0 Å². The molecule has 0 aliphatic heterocycles. The average molecular weight is 803 g/mol. The fourth-order valence-electron chi connectivity index (χ4n) is 6.41. The number of aliphatic hydroxyl groups excluding tert-OH is 2. The zero-order valence-corrected chi connectivity index (χ0v) is 35.8. The van der Waals surface area contributed by atoms with Gasteiger partial charge < -0.3 is 29.1 Å². The lowest BCUT2D eigenvalue weighted by molar-refractivity contribution is -0.870. The van der Waals surface area contributed by atoms with Crippen LogP contribution in [-0.2, 0) is 37.5 Å². The number of carbonyl (C=O) groups is 3. The molecule has 320 valence electrons. The summed E-state index contributed by atoms with van der Waals surface area (Å²) in [6.07, 6.45) is 23.1. The topological polar surface area (TPSA) is 166 Å². The third-order valence-corrected chi connectivity index (χ3v) is 10.8. The smallest absolute Gasteiger partial charge is 0.462 e. The molecule has 12 nitrogen and oxygen atoms in total. The lowest BCUT2D eigenvalue weighted by Gasteiger charge is -2.24. The molecule has 0 bridgehead atoms. The Morgan fingerprint density at radius 3 is 2.07 bits per heavy atom. The van der Waals surface area contributed by atoms with E-state index in [1.165, 1.54) is 44.9 Å². The first-order chi connectivity index (χ1) is 26.2. The van der Waals surface area contributed by atoms with Gasteiger partial charge in [-0.2, -0.15) is 0 Å². The van der Waals surface area contributed by atoms with Crippen molar-refractivity contribution in [3.05, 3.63) is 24.3 Å². The van der Waals surface area contributed by atoms with Gasteiger partial charge in [0.2, 0.25) is 0 Å². The number of quaternary nitrogens is 1. The molecule has 6 atom stereocenters. The van der Waals surface area contributed by atoms with Crippen molar-refractivity contribution in [3.8, 4) is 0 Å². The molecule has 0 saturated heterocycles. The van der Waals surface area contributed by atoms with Gasteiger partial charge >= 0.3 is 19.8 Å². The van der Waals surface area contributed by atoms with Gasteiger partial charge in [-0.3, -0.25) is 23.4 Å². The number of phosphoric ester groups is 1. The zero-order valence-electron chi connectivity index (χ0n) is 34.9. The third kappa shape index (κ3) is 27.4. The van der Waals surface area contributed by atoms with Gasteiger partial charge in [0.05, 0.1) is 40.0 Å². The first-order valence-electron chi connectivity index (χ1n) is 21.2. The molecule has 1 rings (SSSR count). The molecule has 1 saturated carbocycles. The molecule has 1 aliphatic carbocycles. The third-order valence-electron chi connectivity index (χ3n) is 9.86. The van der Waals surface area contributed by atoms with E-state index in [1.54, 1.807) is 12.2 Å². The summed E-state index contributed by atoms with van der Waals surface area (Å²) >= 11 is 0. The van der Waals surface area contributed by atoms with Gasteiger partial charge in [0.15, 0.2) is 6.10 Å². The first-order valence-corrected chi connectivity index (χ1v) is 22.7. The number of hydrogen-bond acceptors (Lipinski definition) is 10. The Hall–Kier alpha value is -1.92. The van der Waals surface area contributed by atoms with Crippen LogP contribution < -0.4 is 0 Å². The number of phosphoric acid groups is 1. The Kier molecular flexibility index (Phi) is 28.1. The maximum absolute atomic E-state index is 12.7. The summed E-state index contributed by atoms with van der Waals surface area (Å²) in [6.45, 7) is 3.99.